The summed E-state index contributed by atoms with van der Waals surface area (Å²) in [6.07, 6.45) is 0.992. The summed E-state index contributed by atoms with van der Waals surface area (Å²) in [5.74, 6) is 0.525. The van der Waals surface area contributed by atoms with Gasteiger partial charge >= 0.3 is 107 Å². The molecule has 1 aromatic rings. The first-order valence-corrected chi connectivity index (χ1v) is 12.7. The molecular formula is C12H13Cl2Zr. The van der Waals surface area contributed by atoms with Crippen molar-refractivity contribution in [2.75, 3.05) is 0 Å². The quantitative estimate of drug-likeness (QED) is 0.751. The minimum absolute atomic E-state index is 0.525. The van der Waals surface area contributed by atoms with Gasteiger partial charge in [0.1, 0.15) is 0 Å². The van der Waals surface area contributed by atoms with Gasteiger partial charge in [-0.25, -0.2) is 0 Å². The Bertz CT molecular complexity index is 408. The maximum absolute atomic E-state index is 6.22. The molecule has 0 N–H and O–H groups in total. The topological polar surface area (TPSA) is 0 Å². The van der Waals surface area contributed by atoms with Crippen LogP contribution in [0.3, 0.4) is 0 Å². The summed E-state index contributed by atoms with van der Waals surface area (Å²) >= 11 is -2.25. The zero-order valence-corrected chi connectivity index (χ0v) is 12.8. The molecule has 1 aliphatic rings. The summed E-state index contributed by atoms with van der Waals surface area (Å²) in [6, 6.07) is 8.56. The fraction of sp³-hybridized carbons (Fsp3) is 0.333. The first-order chi connectivity index (χ1) is 7.11. The van der Waals surface area contributed by atoms with Crippen LogP contribution >= 0.6 is 17.0 Å². The van der Waals surface area contributed by atoms with Crippen LogP contribution in [0, 0.1) is 5.92 Å². The van der Waals surface area contributed by atoms with Gasteiger partial charge in [0, 0.05) is 0 Å². The molecule has 0 fully saturated rings. The Morgan fingerprint density at radius 1 is 1.20 bits per heavy atom. The van der Waals surface area contributed by atoms with Gasteiger partial charge in [-0.15, -0.1) is 0 Å². The van der Waals surface area contributed by atoms with E-state index in [-0.39, 0.29) is 0 Å². The molecule has 15 heavy (non-hydrogen) atoms. The van der Waals surface area contributed by atoms with Crippen molar-refractivity contribution in [1.29, 1.82) is 0 Å². The summed E-state index contributed by atoms with van der Waals surface area (Å²) in [4.78, 5) is 0. The summed E-state index contributed by atoms with van der Waals surface area (Å²) in [5.41, 5.74) is 4.20. The van der Waals surface area contributed by atoms with Crippen LogP contribution in [-0.2, 0) is 25.8 Å². The number of rotatable bonds is 2. The zero-order chi connectivity index (χ0) is 11.0. The molecule has 0 unspecified atom stereocenters. The molecule has 0 amide bonds. The molecule has 2 rings (SSSR count). The van der Waals surface area contributed by atoms with Crippen LogP contribution in [0.5, 0.6) is 0 Å². The number of halogens is 2. The second-order valence-electron chi connectivity index (χ2n) is 4.14. The van der Waals surface area contributed by atoms with E-state index >= 15 is 0 Å². The maximum atomic E-state index is 6.22. The molecule has 0 heterocycles. The summed E-state index contributed by atoms with van der Waals surface area (Å²) < 4.78 is 1.37. The van der Waals surface area contributed by atoms with Crippen LogP contribution < -0.4 is 0 Å². The van der Waals surface area contributed by atoms with Crippen molar-refractivity contribution >= 4 is 22.6 Å². The summed E-state index contributed by atoms with van der Waals surface area (Å²) in [6.45, 7) is 4.44. The third-order valence-corrected chi connectivity index (χ3v) is 7.72. The van der Waals surface area contributed by atoms with Gasteiger partial charge in [-0.3, -0.25) is 0 Å². The van der Waals surface area contributed by atoms with Crippen LogP contribution in [-0.4, -0.2) is 0 Å². The van der Waals surface area contributed by atoms with Crippen LogP contribution in [0.25, 0.3) is 5.57 Å². The van der Waals surface area contributed by atoms with Gasteiger partial charge in [0.15, 0.2) is 0 Å². The average molecular weight is 319 g/mol. The van der Waals surface area contributed by atoms with Crippen LogP contribution in [0.15, 0.2) is 27.5 Å². The normalized spacial score (nSPS) is 14.7. The molecule has 0 bridgehead atoms. The van der Waals surface area contributed by atoms with Gasteiger partial charge in [0.05, 0.1) is 0 Å². The molecule has 0 spiro atoms. The Kier molecular flexibility index (Phi) is 3.76. The van der Waals surface area contributed by atoms with Crippen molar-refractivity contribution in [3.8, 4) is 0 Å². The number of hydrogen-bond donors (Lipinski definition) is 0. The van der Waals surface area contributed by atoms with Crippen LogP contribution in [0.1, 0.15) is 25.0 Å². The molecule has 79 valence electrons. The standard InChI is InChI=1S/C12H13.2ClH.Zr/c1-9(2)11-8-7-10-5-3-4-6-12(10)11;;;/h3-6,9H,7H2,1-2H3;2*1H;/q;;;+2/p-2. The molecule has 0 saturated heterocycles. The van der Waals surface area contributed by atoms with Crippen molar-refractivity contribution in [3.63, 3.8) is 0 Å². The molecule has 0 saturated carbocycles. The third-order valence-electron chi connectivity index (χ3n) is 2.81. The van der Waals surface area contributed by atoms with Crippen molar-refractivity contribution < 1.29 is 19.4 Å². The predicted molar refractivity (Wildman–Crippen MR) is 63.6 cm³/mol. The van der Waals surface area contributed by atoms with Crippen molar-refractivity contribution in [2.45, 2.75) is 20.3 Å². The van der Waals surface area contributed by atoms with Gasteiger partial charge in [0.25, 0.3) is 0 Å². The first-order valence-electron chi connectivity index (χ1n) is 5.11. The van der Waals surface area contributed by atoms with Crippen LogP contribution in [0.4, 0.5) is 0 Å². The molecule has 1 aliphatic carbocycles. The fourth-order valence-corrected chi connectivity index (χ4v) is 6.55. The number of fused-ring (bicyclic) bond motifs is 1. The SMILES string of the molecule is CC(C)C1=[C]([Zr]([Cl])[Cl])Cc2ccccc21. The number of allylic oxidation sites excluding steroid dienone is 2. The Morgan fingerprint density at radius 3 is 2.47 bits per heavy atom. The molecule has 0 radical (unpaired) electrons. The fourth-order valence-electron chi connectivity index (χ4n) is 2.21. The first kappa shape index (κ1) is 11.9. The molecule has 0 aromatic heterocycles. The molecule has 0 nitrogen and oxygen atoms in total. The van der Waals surface area contributed by atoms with Crippen molar-refractivity contribution in [2.24, 2.45) is 5.92 Å². The van der Waals surface area contributed by atoms with E-state index in [0.29, 0.717) is 5.92 Å². The van der Waals surface area contributed by atoms with E-state index in [1.54, 1.807) is 0 Å². The average Bonchev–Trinajstić information content (AvgIpc) is 2.56. The molecule has 0 aliphatic heterocycles. The number of benzene rings is 1. The van der Waals surface area contributed by atoms with Gasteiger partial charge in [0.2, 0.25) is 0 Å². The molecular weight excluding hydrogens is 306 g/mol. The second-order valence-corrected chi connectivity index (χ2v) is 12.5. The molecule has 0 atom stereocenters. The van der Waals surface area contributed by atoms with E-state index in [4.69, 9.17) is 17.0 Å². The van der Waals surface area contributed by atoms with E-state index in [0.717, 1.165) is 6.42 Å². The third kappa shape index (κ3) is 2.25. The van der Waals surface area contributed by atoms with E-state index in [1.807, 2.05) is 0 Å². The Hall–Kier alpha value is 0.423. The van der Waals surface area contributed by atoms with Crippen molar-refractivity contribution in [3.05, 3.63) is 38.7 Å². The van der Waals surface area contributed by atoms with Gasteiger partial charge in [-0.2, -0.15) is 0 Å². The molecule has 3 heteroatoms. The predicted octanol–water partition coefficient (Wildman–Crippen LogP) is 4.54. The monoisotopic (exact) mass is 317 g/mol. The van der Waals surface area contributed by atoms with E-state index < -0.39 is 19.4 Å². The van der Waals surface area contributed by atoms with Gasteiger partial charge < -0.3 is 0 Å². The van der Waals surface area contributed by atoms with Gasteiger partial charge in [-0.05, 0) is 0 Å². The van der Waals surface area contributed by atoms with E-state index in [1.165, 1.54) is 20.0 Å². The van der Waals surface area contributed by atoms with Crippen LogP contribution in [0.2, 0.25) is 0 Å². The second kappa shape index (κ2) is 4.74. The van der Waals surface area contributed by atoms with Gasteiger partial charge in [-0.1, -0.05) is 0 Å². The Morgan fingerprint density at radius 2 is 1.87 bits per heavy atom. The number of hydrogen-bond acceptors (Lipinski definition) is 0. The van der Waals surface area contributed by atoms with E-state index in [2.05, 4.69) is 38.1 Å². The summed E-state index contributed by atoms with van der Waals surface area (Å²) in [7, 11) is 12.4. The van der Waals surface area contributed by atoms with Crippen molar-refractivity contribution in [1.82, 2.24) is 0 Å². The Balaban J connectivity index is 2.53. The zero-order valence-electron chi connectivity index (χ0n) is 8.85. The minimum atomic E-state index is -2.25. The van der Waals surface area contributed by atoms with E-state index in [9.17, 15) is 0 Å². The summed E-state index contributed by atoms with van der Waals surface area (Å²) in [5, 5.41) is 0. The Labute approximate surface area is 106 Å². The molecule has 1 aromatic carbocycles.